The SMILES string of the molecule is CC(C)CCOCC1CCC(CSc2cnn(C(C)(C)C)c(=O)c2Cl)CC1. The third-order valence-corrected chi connectivity index (χ3v) is 6.89. The van der Waals surface area contributed by atoms with Crippen molar-refractivity contribution in [2.75, 3.05) is 19.0 Å². The Labute approximate surface area is 173 Å². The minimum Gasteiger partial charge on any atom is -0.381 e. The number of halogens is 1. The van der Waals surface area contributed by atoms with Crippen LogP contribution in [0.5, 0.6) is 0 Å². The molecule has 0 atom stereocenters. The third kappa shape index (κ3) is 7.10. The summed E-state index contributed by atoms with van der Waals surface area (Å²) < 4.78 is 7.31. The van der Waals surface area contributed by atoms with Gasteiger partial charge in [-0.3, -0.25) is 4.79 Å². The molecule has 0 unspecified atom stereocenters. The van der Waals surface area contributed by atoms with Gasteiger partial charge in [0.05, 0.1) is 16.6 Å². The fourth-order valence-corrected chi connectivity index (χ4v) is 4.71. The van der Waals surface area contributed by atoms with Gasteiger partial charge in [0.25, 0.3) is 5.56 Å². The van der Waals surface area contributed by atoms with Crippen LogP contribution in [0.15, 0.2) is 15.9 Å². The maximum atomic E-state index is 12.4. The van der Waals surface area contributed by atoms with Crippen LogP contribution in [0.3, 0.4) is 0 Å². The molecule has 0 amide bonds. The molecule has 0 bridgehead atoms. The Morgan fingerprint density at radius 3 is 2.48 bits per heavy atom. The van der Waals surface area contributed by atoms with E-state index in [-0.39, 0.29) is 11.1 Å². The molecule has 1 fully saturated rings. The minimum absolute atomic E-state index is 0.198. The van der Waals surface area contributed by atoms with E-state index in [0.717, 1.165) is 30.3 Å². The van der Waals surface area contributed by atoms with Crippen LogP contribution in [0.25, 0.3) is 0 Å². The van der Waals surface area contributed by atoms with E-state index in [4.69, 9.17) is 16.3 Å². The van der Waals surface area contributed by atoms with Crippen molar-refractivity contribution in [2.24, 2.45) is 17.8 Å². The Morgan fingerprint density at radius 1 is 1.26 bits per heavy atom. The second-order valence-electron chi connectivity index (χ2n) is 9.17. The molecule has 27 heavy (non-hydrogen) atoms. The molecule has 0 aliphatic heterocycles. The van der Waals surface area contributed by atoms with Gasteiger partial charge < -0.3 is 4.74 Å². The zero-order valence-electron chi connectivity index (χ0n) is 17.5. The molecule has 0 aromatic carbocycles. The van der Waals surface area contributed by atoms with E-state index >= 15 is 0 Å². The second kappa shape index (κ2) is 10.3. The summed E-state index contributed by atoms with van der Waals surface area (Å²) in [7, 11) is 0. The number of rotatable bonds is 8. The zero-order chi connectivity index (χ0) is 20.0. The predicted octanol–water partition coefficient (Wildman–Crippen LogP) is 5.61. The van der Waals surface area contributed by atoms with Gasteiger partial charge >= 0.3 is 0 Å². The summed E-state index contributed by atoms with van der Waals surface area (Å²) in [5.41, 5.74) is -0.559. The molecule has 0 N–H and O–H groups in total. The van der Waals surface area contributed by atoms with Crippen molar-refractivity contribution in [1.29, 1.82) is 0 Å². The van der Waals surface area contributed by atoms with Gasteiger partial charge in [-0.15, -0.1) is 11.8 Å². The summed E-state index contributed by atoms with van der Waals surface area (Å²) in [4.78, 5) is 13.2. The summed E-state index contributed by atoms with van der Waals surface area (Å²) >= 11 is 8.00. The monoisotopic (exact) mass is 414 g/mol. The molecule has 0 saturated heterocycles. The van der Waals surface area contributed by atoms with Crippen LogP contribution in [-0.2, 0) is 10.3 Å². The average molecular weight is 415 g/mol. The first-order valence-corrected chi connectivity index (χ1v) is 11.5. The first kappa shape index (κ1) is 22.8. The van der Waals surface area contributed by atoms with Gasteiger partial charge in [-0.1, -0.05) is 25.4 Å². The lowest BCUT2D eigenvalue weighted by Gasteiger charge is -2.28. The molecular formula is C21H35ClN2O2S. The van der Waals surface area contributed by atoms with Gasteiger partial charge in [0.2, 0.25) is 0 Å². The molecule has 0 spiro atoms. The smallest absolute Gasteiger partial charge is 0.287 e. The summed E-state index contributed by atoms with van der Waals surface area (Å²) in [5, 5.41) is 4.63. The Bertz CT molecular complexity index is 647. The van der Waals surface area contributed by atoms with Gasteiger partial charge in [-0.05, 0) is 70.6 Å². The molecule has 1 aromatic rings. The van der Waals surface area contributed by atoms with Crippen LogP contribution in [0.4, 0.5) is 0 Å². The molecule has 0 radical (unpaired) electrons. The Morgan fingerprint density at radius 2 is 1.89 bits per heavy atom. The van der Waals surface area contributed by atoms with E-state index in [0.29, 0.717) is 22.8 Å². The van der Waals surface area contributed by atoms with Crippen molar-refractivity contribution in [2.45, 2.75) is 77.2 Å². The largest absolute Gasteiger partial charge is 0.381 e. The molecule has 2 rings (SSSR count). The van der Waals surface area contributed by atoms with Crippen molar-refractivity contribution in [1.82, 2.24) is 9.78 Å². The van der Waals surface area contributed by atoms with Crippen molar-refractivity contribution < 1.29 is 4.74 Å². The first-order chi connectivity index (χ1) is 12.7. The van der Waals surface area contributed by atoms with Gasteiger partial charge in [-0.25, -0.2) is 4.68 Å². The van der Waals surface area contributed by atoms with E-state index in [9.17, 15) is 4.79 Å². The van der Waals surface area contributed by atoms with Gasteiger partial charge in [0.1, 0.15) is 5.02 Å². The maximum Gasteiger partial charge on any atom is 0.287 e. The summed E-state index contributed by atoms with van der Waals surface area (Å²) in [5.74, 6) is 3.10. The molecule has 1 aliphatic rings. The molecular weight excluding hydrogens is 380 g/mol. The predicted molar refractivity (Wildman–Crippen MR) is 115 cm³/mol. The lowest BCUT2D eigenvalue weighted by atomic mass is 9.83. The molecule has 1 aromatic heterocycles. The molecule has 154 valence electrons. The summed E-state index contributed by atoms with van der Waals surface area (Å²) in [6.07, 6.45) is 7.84. The highest BCUT2D eigenvalue weighted by Crippen LogP contribution is 2.34. The quantitative estimate of drug-likeness (QED) is 0.409. The van der Waals surface area contributed by atoms with Crippen LogP contribution in [0.1, 0.15) is 66.7 Å². The number of thioether (sulfide) groups is 1. The van der Waals surface area contributed by atoms with Gasteiger partial charge in [-0.2, -0.15) is 5.10 Å². The van der Waals surface area contributed by atoms with E-state index < -0.39 is 0 Å². The number of hydrogen-bond acceptors (Lipinski definition) is 4. The van der Waals surface area contributed by atoms with E-state index in [1.807, 2.05) is 20.8 Å². The van der Waals surface area contributed by atoms with E-state index in [1.165, 1.54) is 30.4 Å². The number of ether oxygens (including phenoxy) is 1. The Kier molecular flexibility index (Phi) is 8.70. The molecule has 6 heteroatoms. The highest BCUT2D eigenvalue weighted by molar-refractivity contribution is 7.99. The fraction of sp³-hybridized carbons (Fsp3) is 0.810. The molecule has 4 nitrogen and oxygen atoms in total. The van der Waals surface area contributed by atoms with Crippen molar-refractivity contribution in [3.05, 3.63) is 21.6 Å². The van der Waals surface area contributed by atoms with E-state index in [1.54, 1.807) is 18.0 Å². The zero-order valence-corrected chi connectivity index (χ0v) is 19.0. The topological polar surface area (TPSA) is 44.1 Å². The molecule has 1 aliphatic carbocycles. The van der Waals surface area contributed by atoms with E-state index in [2.05, 4.69) is 18.9 Å². The normalized spacial score (nSPS) is 21.0. The fourth-order valence-electron chi connectivity index (χ4n) is 3.34. The lowest BCUT2D eigenvalue weighted by Crippen LogP contribution is -2.36. The molecule has 1 heterocycles. The van der Waals surface area contributed by atoms with Crippen LogP contribution >= 0.6 is 23.4 Å². The lowest BCUT2D eigenvalue weighted by molar-refractivity contribution is 0.0729. The number of aromatic nitrogens is 2. The maximum absolute atomic E-state index is 12.4. The molecule has 1 saturated carbocycles. The third-order valence-electron chi connectivity index (χ3n) is 5.16. The summed E-state index contributed by atoms with van der Waals surface area (Å²) in [6.45, 7) is 12.1. The summed E-state index contributed by atoms with van der Waals surface area (Å²) in [6, 6.07) is 0. The number of nitrogens with zero attached hydrogens (tertiary/aromatic N) is 2. The van der Waals surface area contributed by atoms with Gasteiger partial charge in [0, 0.05) is 19.0 Å². The number of hydrogen-bond donors (Lipinski definition) is 0. The van der Waals surface area contributed by atoms with Crippen molar-refractivity contribution in [3.63, 3.8) is 0 Å². The van der Waals surface area contributed by atoms with Crippen LogP contribution < -0.4 is 5.56 Å². The van der Waals surface area contributed by atoms with Crippen molar-refractivity contribution in [3.8, 4) is 0 Å². The second-order valence-corrected chi connectivity index (χ2v) is 10.6. The highest BCUT2D eigenvalue weighted by atomic mass is 35.5. The van der Waals surface area contributed by atoms with Crippen LogP contribution in [0, 0.1) is 17.8 Å². The average Bonchev–Trinajstić information content (AvgIpc) is 2.60. The first-order valence-electron chi connectivity index (χ1n) is 10.2. The van der Waals surface area contributed by atoms with Crippen molar-refractivity contribution >= 4 is 23.4 Å². The Balaban J connectivity index is 1.77. The Hall–Kier alpha value is -0.520. The van der Waals surface area contributed by atoms with Gasteiger partial charge in [0.15, 0.2) is 0 Å². The standard InChI is InChI=1S/C21H35ClN2O2S/c1-15(2)10-11-26-13-16-6-8-17(9-7-16)14-27-18-12-23-24(21(3,4)5)20(25)19(18)22/h12,15-17H,6-11,13-14H2,1-5H3. The van der Waals surface area contributed by atoms with Crippen LogP contribution in [0.2, 0.25) is 5.02 Å². The van der Waals surface area contributed by atoms with Crippen LogP contribution in [-0.4, -0.2) is 28.7 Å². The minimum atomic E-state index is -0.362. The highest BCUT2D eigenvalue weighted by Gasteiger charge is 2.23.